The molecule has 0 bridgehead atoms. The second-order valence-corrected chi connectivity index (χ2v) is 3.95. The van der Waals surface area contributed by atoms with E-state index in [1.54, 1.807) is 42.9 Å². The van der Waals surface area contributed by atoms with Crippen molar-refractivity contribution in [3.63, 3.8) is 0 Å². The van der Waals surface area contributed by atoms with Crippen LogP contribution in [0.1, 0.15) is 27.7 Å². The number of rotatable bonds is 2. The average Bonchev–Trinajstić information content (AvgIpc) is 2.34. The molecule has 0 aromatic carbocycles. The molecule has 1 aromatic heterocycles. The molecule has 1 atom stereocenters. The molecule has 1 unspecified atom stereocenters. The maximum absolute atomic E-state index is 11.3. The van der Waals surface area contributed by atoms with E-state index in [0.29, 0.717) is 0 Å². The van der Waals surface area contributed by atoms with Crippen molar-refractivity contribution >= 4 is 11.0 Å². The highest BCUT2D eigenvalue weighted by molar-refractivity contribution is 7.82. The van der Waals surface area contributed by atoms with Gasteiger partial charge in [0.2, 0.25) is 0 Å². The lowest BCUT2D eigenvalue weighted by Gasteiger charge is -2.07. The van der Waals surface area contributed by atoms with Gasteiger partial charge < -0.3 is 0 Å². The van der Waals surface area contributed by atoms with Crippen molar-refractivity contribution in [2.24, 2.45) is 0 Å². The van der Waals surface area contributed by atoms with E-state index in [2.05, 4.69) is 4.98 Å². The Hall–Kier alpha value is -0.740. The maximum atomic E-state index is 11.3. The van der Waals surface area contributed by atoms with Crippen LogP contribution in [-0.4, -0.2) is 27.6 Å². The van der Waals surface area contributed by atoms with Crippen LogP contribution in [0.5, 0.6) is 0 Å². The van der Waals surface area contributed by atoms with Crippen LogP contribution in [0, 0.1) is 0 Å². The Morgan fingerprint density at radius 1 is 1.20 bits per heavy atom. The van der Waals surface area contributed by atoms with Gasteiger partial charge in [-0.25, -0.2) is 8.51 Å². The number of hydrogen-bond donors (Lipinski definition) is 0. The lowest BCUT2D eigenvalue weighted by atomic mass is 10.5. The van der Waals surface area contributed by atoms with Crippen LogP contribution in [0.3, 0.4) is 0 Å². The van der Waals surface area contributed by atoms with Gasteiger partial charge in [0.25, 0.3) is 0 Å². The summed E-state index contributed by atoms with van der Waals surface area (Å²) in [4.78, 5) is 4.60. The van der Waals surface area contributed by atoms with Gasteiger partial charge in [0.05, 0.1) is 4.90 Å². The van der Waals surface area contributed by atoms with Crippen LogP contribution in [0.4, 0.5) is 0 Å². The van der Waals surface area contributed by atoms with E-state index >= 15 is 0 Å². The molecule has 0 saturated carbocycles. The van der Waals surface area contributed by atoms with Crippen LogP contribution in [0.15, 0.2) is 29.4 Å². The molecule has 1 heterocycles. The van der Waals surface area contributed by atoms with E-state index < -0.39 is 11.0 Å². The highest BCUT2D eigenvalue weighted by Crippen LogP contribution is 2.04. The highest BCUT2D eigenvalue weighted by Gasteiger charge is 2.04. The Balaban J connectivity index is 0. The molecule has 0 aliphatic carbocycles. The van der Waals surface area contributed by atoms with Crippen molar-refractivity contribution < 1.29 is 4.21 Å². The summed E-state index contributed by atoms with van der Waals surface area (Å²) in [5.74, 6) is 0. The second-order valence-electron chi connectivity index (χ2n) is 2.25. The molecule has 3 nitrogen and oxygen atoms in total. The predicted molar refractivity (Wildman–Crippen MR) is 67.0 cm³/mol. The summed E-state index contributed by atoms with van der Waals surface area (Å²) in [7, 11) is 2.47. The van der Waals surface area contributed by atoms with Gasteiger partial charge in [-0.05, 0) is 26.2 Å². The number of aromatic nitrogens is 1. The van der Waals surface area contributed by atoms with Crippen molar-refractivity contribution in [1.82, 2.24) is 9.29 Å². The molecule has 1 rings (SSSR count). The second kappa shape index (κ2) is 11.3. The number of nitrogens with zero attached hydrogens (tertiary/aromatic N) is 2. The summed E-state index contributed by atoms with van der Waals surface area (Å²) >= 11 is 0. The molecule has 4 heteroatoms. The third-order valence-electron chi connectivity index (χ3n) is 1.17. The van der Waals surface area contributed by atoms with Crippen LogP contribution in [-0.2, 0) is 11.0 Å². The minimum atomic E-state index is -1.06. The summed E-state index contributed by atoms with van der Waals surface area (Å²) in [6.45, 7) is 8.00. The molecule has 0 N–H and O–H groups in total. The molecule has 0 aliphatic rings. The molecule has 0 saturated heterocycles. The first kappa shape index (κ1) is 16.7. The lowest BCUT2D eigenvalue weighted by molar-refractivity contribution is 0.602. The molecule has 15 heavy (non-hydrogen) atoms. The SMILES string of the molecule is CC.CC.CN(C)S(=O)c1cccnc1. The zero-order valence-corrected chi connectivity index (χ0v) is 11.3. The summed E-state index contributed by atoms with van der Waals surface area (Å²) in [6, 6.07) is 3.57. The van der Waals surface area contributed by atoms with Gasteiger partial charge in [0.1, 0.15) is 11.0 Å². The van der Waals surface area contributed by atoms with E-state index in [1.165, 1.54) is 0 Å². The third-order valence-corrected chi connectivity index (χ3v) is 2.48. The van der Waals surface area contributed by atoms with Crippen molar-refractivity contribution in [3.05, 3.63) is 24.5 Å². The van der Waals surface area contributed by atoms with E-state index in [9.17, 15) is 4.21 Å². The van der Waals surface area contributed by atoms with E-state index in [-0.39, 0.29) is 0 Å². The summed E-state index contributed by atoms with van der Waals surface area (Å²) in [6.07, 6.45) is 3.27. The van der Waals surface area contributed by atoms with Crippen LogP contribution >= 0.6 is 0 Å². The normalized spacial score (nSPS) is 10.6. The number of pyridine rings is 1. The Kier molecular flexibility index (Phi) is 12.6. The monoisotopic (exact) mass is 230 g/mol. The Labute approximate surface area is 96.1 Å². The Morgan fingerprint density at radius 3 is 2.07 bits per heavy atom. The molecule has 0 amide bonds. The standard InChI is InChI=1S/C7H10N2OS.2C2H6/c1-9(2)11(10)7-4-3-5-8-6-7;2*1-2/h3-6H,1-2H3;2*1-2H3. The summed E-state index contributed by atoms with van der Waals surface area (Å²) in [5, 5.41) is 0. The van der Waals surface area contributed by atoms with Gasteiger partial charge in [0, 0.05) is 12.4 Å². The molecular formula is C11H22N2OS. The summed E-state index contributed by atoms with van der Waals surface area (Å²) < 4.78 is 13.0. The van der Waals surface area contributed by atoms with Crippen LogP contribution < -0.4 is 0 Å². The van der Waals surface area contributed by atoms with Gasteiger partial charge in [-0.2, -0.15) is 0 Å². The third kappa shape index (κ3) is 7.22. The van der Waals surface area contributed by atoms with Gasteiger partial charge in [-0.3, -0.25) is 4.98 Å². The van der Waals surface area contributed by atoms with Crippen LogP contribution in [0.2, 0.25) is 0 Å². The van der Waals surface area contributed by atoms with E-state index in [1.807, 2.05) is 27.7 Å². The minimum absolute atomic E-state index is 0.734. The quantitative estimate of drug-likeness (QED) is 0.782. The van der Waals surface area contributed by atoms with Crippen molar-refractivity contribution in [1.29, 1.82) is 0 Å². The van der Waals surface area contributed by atoms with Crippen molar-refractivity contribution in [3.8, 4) is 0 Å². The smallest absolute Gasteiger partial charge is 0.128 e. The lowest BCUT2D eigenvalue weighted by Crippen LogP contribution is -2.15. The molecule has 0 radical (unpaired) electrons. The highest BCUT2D eigenvalue weighted by atomic mass is 32.2. The number of hydrogen-bond acceptors (Lipinski definition) is 2. The van der Waals surface area contributed by atoms with Gasteiger partial charge in [0.15, 0.2) is 0 Å². The first-order valence-electron chi connectivity index (χ1n) is 5.21. The molecule has 0 fully saturated rings. The first-order chi connectivity index (χ1) is 7.22. The largest absolute Gasteiger partial charge is 0.263 e. The topological polar surface area (TPSA) is 33.2 Å². The maximum Gasteiger partial charge on any atom is 0.128 e. The fraction of sp³-hybridized carbons (Fsp3) is 0.545. The first-order valence-corrected chi connectivity index (χ1v) is 6.31. The predicted octanol–water partition coefficient (Wildman–Crippen LogP) is 2.72. The van der Waals surface area contributed by atoms with E-state index in [4.69, 9.17) is 0 Å². The van der Waals surface area contributed by atoms with Gasteiger partial charge >= 0.3 is 0 Å². The Morgan fingerprint density at radius 2 is 1.73 bits per heavy atom. The average molecular weight is 230 g/mol. The zero-order chi connectivity index (χ0) is 12.3. The fourth-order valence-corrected chi connectivity index (χ4v) is 1.43. The van der Waals surface area contributed by atoms with Gasteiger partial charge in [-0.15, -0.1) is 0 Å². The Bertz CT molecular complexity index is 250. The zero-order valence-electron chi connectivity index (χ0n) is 10.5. The van der Waals surface area contributed by atoms with Crippen molar-refractivity contribution in [2.75, 3.05) is 14.1 Å². The minimum Gasteiger partial charge on any atom is -0.263 e. The molecular weight excluding hydrogens is 208 g/mol. The molecule has 1 aromatic rings. The van der Waals surface area contributed by atoms with Crippen LogP contribution in [0.25, 0.3) is 0 Å². The van der Waals surface area contributed by atoms with Crippen molar-refractivity contribution in [2.45, 2.75) is 32.6 Å². The summed E-state index contributed by atoms with van der Waals surface area (Å²) in [5.41, 5.74) is 0. The van der Waals surface area contributed by atoms with E-state index in [0.717, 1.165) is 4.90 Å². The molecule has 0 spiro atoms. The molecule has 88 valence electrons. The van der Waals surface area contributed by atoms with Gasteiger partial charge in [-0.1, -0.05) is 27.7 Å². The molecule has 0 aliphatic heterocycles. The fourth-order valence-electron chi connectivity index (χ4n) is 0.661.